The third-order valence-corrected chi connectivity index (χ3v) is 2.02. The molecule has 2 aromatic heterocycles. The summed E-state index contributed by atoms with van der Waals surface area (Å²) in [5.41, 5.74) is -0.301. The van der Waals surface area contributed by atoms with Crippen molar-refractivity contribution in [2.75, 3.05) is 0 Å². The van der Waals surface area contributed by atoms with E-state index < -0.39 is 16.2 Å². The van der Waals surface area contributed by atoms with Crippen molar-refractivity contribution in [3.05, 3.63) is 35.1 Å². The van der Waals surface area contributed by atoms with Gasteiger partial charge in [-0.2, -0.15) is 13.4 Å². The monoisotopic (exact) mass is 239 g/mol. The maximum absolute atomic E-state index is 10.8. The molecule has 0 amide bonds. The van der Waals surface area contributed by atoms with Gasteiger partial charge in [-0.1, -0.05) is 0 Å². The molecule has 0 spiro atoms. The second-order valence-corrected chi connectivity index (χ2v) is 3.33. The molecule has 0 bridgehead atoms. The molecule has 2 aromatic rings. The number of aromatic nitrogens is 4. The van der Waals surface area contributed by atoms with E-state index in [1.165, 1.54) is 29.3 Å². The fourth-order valence-electron chi connectivity index (χ4n) is 1.07. The molecule has 0 aliphatic heterocycles. The Balaban J connectivity index is 2.51. The molecule has 0 saturated carbocycles. The van der Waals surface area contributed by atoms with Crippen LogP contribution in [0.2, 0.25) is 0 Å². The van der Waals surface area contributed by atoms with Gasteiger partial charge in [0, 0.05) is 12.3 Å². The molecule has 82 valence electrons. The smallest absolute Gasteiger partial charge is 0.244 e. The van der Waals surface area contributed by atoms with Crippen LogP contribution in [0.4, 0.5) is 5.69 Å². The molecule has 0 aliphatic carbocycles. The van der Waals surface area contributed by atoms with Crippen molar-refractivity contribution in [3.63, 3.8) is 0 Å². The zero-order chi connectivity index (χ0) is 11.5. The van der Waals surface area contributed by atoms with E-state index in [1.807, 2.05) is 0 Å². The summed E-state index contributed by atoms with van der Waals surface area (Å²) in [6, 6.07) is 2.82. The predicted octanol–water partition coefficient (Wildman–Crippen LogP) is -0.350. The third-order valence-electron chi connectivity index (χ3n) is 1.66. The van der Waals surface area contributed by atoms with Crippen molar-refractivity contribution in [1.82, 2.24) is 19.7 Å². The van der Waals surface area contributed by atoms with Crippen molar-refractivity contribution in [3.8, 4) is 5.82 Å². The van der Waals surface area contributed by atoms with Crippen LogP contribution in [0, 0.1) is 0 Å². The topological polar surface area (TPSA) is 110 Å². The number of hydrogen-bond donors (Lipinski definition) is 1. The molecule has 16 heavy (non-hydrogen) atoms. The summed E-state index contributed by atoms with van der Waals surface area (Å²) in [4.78, 5) is 18.2. The van der Waals surface area contributed by atoms with Gasteiger partial charge in [0.15, 0.2) is 5.82 Å². The molecule has 0 saturated heterocycles. The molecule has 0 aromatic carbocycles. The Bertz CT molecular complexity index is 691. The van der Waals surface area contributed by atoms with Gasteiger partial charge >= 0.3 is 16.2 Å². The highest BCUT2D eigenvalue weighted by atomic mass is 32.2. The number of pyridine rings is 1. The van der Waals surface area contributed by atoms with Crippen molar-refractivity contribution in [1.29, 1.82) is 0 Å². The van der Waals surface area contributed by atoms with Gasteiger partial charge in [0.1, 0.15) is 6.33 Å². The molecular weight excluding hydrogens is 234 g/mol. The van der Waals surface area contributed by atoms with Crippen molar-refractivity contribution in [2.24, 2.45) is 4.36 Å². The fraction of sp³-hybridized carbons (Fsp3) is 0. The van der Waals surface area contributed by atoms with Crippen molar-refractivity contribution in [2.45, 2.75) is 0 Å². The molecular formula is C7H5N5O3S. The van der Waals surface area contributed by atoms with E-state index in [-0.39, 0.29) is 5.69 Å². The highest BCUT2D eigenvalue weighted by molar-refractivity contribution is 7.61. The zero-order valence-electron chi connectivity index (χ0n) is 7.73. The average Bonchev–Trinajstić information content (AvgIpc) is 2.64. The third kappa shape index (κ3) is 2.20. The maximum atomic E-state index is 10.8. The van der Waals surface area contributed by atoms with Crippen LogP contribution in [0.3, 0.4) is 0 Å². The predicted molar refractivity (Wildman–Crippen MR) is 53.0 cm³/mol. The highest BCUT2D eigenvalue weighted by Crippen LogP contribution is 2.13. The Morgan fingerprint density at radius 1 is 1.38 bits per heavy atom. The Morgan fingerprint density at radius 3 is 2.81 bits per heavy atom. The molecule has 9 heteroatoms. The summed E-state index contributed by atoms with van der Waals surface area (Å²) in [6.45, 7) is 0. The van der Waals surface area contributed by atoms with Crippen molar-refractivity contribution >= 4 is 16.2 Å². The first-order chi connectivity index (χ1) is 7.65. The minimum atomic E-state index is -2.53. The summed E-state index contributed by atoms with van der Waals surface area (Å²) >= 11 is 0. The zero-order valence-corrected chi connectivity index (χ0v) is 8.55. The molecule has 0 unspecified atom stereocenters. The molecule has 8 nitrogen and oxygen atoms in total. The number of H-pyrrole nitrogens is 1. The SMILES string of the molecule is O=c1ncn(-c2cc(N=S(=O)=O)ccn2)[nH]1. The van der Waals surface area contributed by atoms with E-state index in [1.54, 1.807) is 0 Å². The standard InChI is InChI=1S/C7H5N5O3S/c13-7-9-4-12(10-7)6-3-5(1-2-8-6)11-16(14)15/h1-4H,(H,10,13). The fourth-order valence-corrected chi connectivity index (χ4v) is 1.36. The molecule has 0 aliphatic rings. The molecule has 0 radical (unpaired) electrons. The number of rotatable bonds is 2. The number of nitrogens with zero attached hydrogens (tertiary/aromatic N) is 4. The van der Waals surface area contributed by atoms with Gasteiger partial charge in [-0.3, -0.25) is 0 Å². The summed E-state index contributed by atoms with van der Waals surface area (Å²) in [6.07, 6.45) is 2.61. The van der Waals surface area contributed by atoms with Crippen LogP contribution in [0.25, 0.3) is 5.82 Å². The molecule has 2 heterocycles. The lowest BCUT2D eigenvalue weighted by Gasteiger charge is -1.99. The minimum absolute atomic E-state index is 0.216. The second-order valence-electron chi connectivity index (χ2n) is 2.71. The Morgan fingerprint density at radius 2 is 2.19 bits per heavy atom. The quantitative estimate of drug-likeness (QED) is 0.770. The lowest BCUT2D eigenvalue weighted by Crippen LogP contribution is -2.05. The summed E-state index contributed by atoms with van der Waals surface area (Å²) in [5.74, 6) is 0.321. The van der Waals surface area contributed by atoms with E-state index in [0.29, 0.717) is 5.82 Å². The Labute approximate surface area is 90.3 Å². The van der Waals surface area contributed by atoms with E-state index in [4.69, 9.17) is 0 Å². The van der Waals surface area contributed by atoms with Gasteiger partial charge in [0.2, 0.25) is 0 Å². The highest BCUT2D eigenvalue weighted by Gasteiger charge is 2.00. The van der Waals surface area contributed by atoms with Crippen LogP contribution < -0.4 is 5.69 Å². The molecule has 2 rings (SSSR count). The first-order valence-corrected chi connectivity index (χ1v) is 5.09. The summed E-state index contributed by atoms with van der Waals surface area (Å²) in [7, 11) is -2.53. The number of hydrogen-bond acceptors (Lipinski definition) is 6. The summed E-state index contributed by atoms with van der Waals surface area (Å²) in [5, 5.41) is 2.36. The first-order valence-electron chi connectivity index (χ1n) is 4.06. The van der Waals surface area contributed by atoms with E-state index in [0.717, 1.165) is 0 Å². The van der Waals surface area contributed by atoms with E-state index >= 15 is 0 Å². The van der Waals surface area contributed by atoms with Crippen LogP contribution >= 0.6 is 0 Å². The Kier molecular flexibility index (Phi) is 2.60. The van der Waals surface area contributed by atoms with Crippen LogP contribution in [-0.4, -0.2) is 28.2 Å². The molecule has 0 atom stereocenters. The van der Waals surface area contributed by atoms with E-state index in [9.17, 15) is 13.2 Å². The maximum Gasteiger partial charge on any atom is 0.361 e. The van der Waals surface area contributed by atoms with Crippen LogP contribution in [-0.2, 0) is 10.5 Å². The molecule has 0 fully saturated rings. The Hall–Kier alpha value is -2.29. The second kappa shape index (κ2) is 4.06. The summed E-state index contributed by atoms with van der Waals surface area (Å²) < 4.78 is 25.3. The lowest BCUT2D eigenvalue weighted by atomic mass is 10.4. The van der Waals surface area contributed by atoms with Gasteiger partial charge < -0.3 is 0 Å². The largest absolute Gasteiger partial charge is 0.361 e. The number of aromatic amines is 1. The average molecular weight is 239 g/mol. The minimum Gasteiger partial charge on any atom is -0.244 e. The van der Waals surface area contributed by atoms with Gasteiger partial charge in [-0.15, -0.1) is 4.36 Å². The molecule has 1 N–H and O–H groups in total. The first kappa shape index (κ1) is 10.2. The number of nitrogens with one attached hydrogen (secondary N) is 1. The van der Waals surface area contributed by atoms with E-state index in [2.05, 4.69) is 19.4 Å². The van der Waals surface area contributed by atoms with Gasteiger partial charge in [0.25, 0.3) is 0 Å². The normalized spacial score (nSPS) is 10.0. The van der Waals surface area contributed by atoms with Crippen LogP contribution in [0.5, 0.6) is 0 Å². The van der Waals surface area contributed by atoms with Gasteiger partial charge in [-0.05, 0) is 6.07 Å². The van der Waals surface area contributed by atoms with Gasteiger partial charge in [0.05, 0.1) is 5.69 Å². The van der Waals surface area contributed by atoms with Gasteiger partial charge in [-0.25, -0.2) is 19.6 Å². The lowest BCUT2D eigenvalue weighted by molar-refractivity contribution is 0.622. The van der Waals surface area contributed by atoms with Crippen LogP contribution in [0.1, 0.15) is 0 Å². The van der Waals surface area contributed by atoms with Crippen molar-refractivity contribution < 1.29 is 8.42 Å². The van der Waals surface area contributed by atoms with Crippen LogP contribution in [0.15, 0.2) is 33.8 Å².